The van der Waals surface area contributed by atoms with Crippen molar-refractivity contribution in [1.82, 2.24) is 20.4 Å². The quantitative estimate of drug-likeness (QED) is 0.753. The van der Waals surface area contributed by atoms with Gasteiger partial charge in [-0.05, 0) is 24.5 Å². The van der Waals surface area contributed by atoms with Crippen LogP contribution in [0.1, 0.15) is 18.9 Å². The Bertz CT molecular complexity index is 699. The van der Waals surface area contributed by atoms with Crippen molar-refractivity contribution in [3.8, 4) is 5.75 Å². The van der Waals surface area contributed by atoms with E-state index in [-0.39, 0.29) is 30.4 Å². The fourth-order valence-electron chi connectivity index (χ4n) is 3.46. The standard InChI is InChI=1S/C19H26N4O4/c1-3-13-6-4-5-7-16(13)27-9-8-22(2)19(26)21-14-10-15-18(25)20-11-17(24)23(15)12-14/h4-7,14-15H,3,8-12H2,1-2H3,(H,20,25)(H,21,26)/t14-,15-/m0/s1. The van der Waals surface area contributed by atoms with Gasteiger partial charge in [0.25, 0.3) is 0 Å². The number of nitrogens with one attached hydrogen (secondary N) is 2. The number of para-hydroxylation sites is 1. The van der Waals surface area contributed by atoms with E-state index >= 15 is 0 Å². The molecule has 0 aromatic heterocycles. The van der Waals surface area contributed by atoms with Crippen LogP contribution >= 0.6 is 0 Å². The second-order valence-electron chi connectivity index (χ2n) is 6.89. The number of piperazine rings is 1. The van der Waals surface area contributed by atoms with Crippen molar-refractivity contribution < 1.29 is 19.1 Å². The highest BCUT2D eigenvalue weighted by atomic mass is 16.5. The zero-order valence-electron chi connectivity index (χ0n) is 15.7. The molecule has 146 valence electrons. The van der Waals surface area contributed by atoms with Crippen LogP contribution in [0.5, 0.6) is 5.75 Å². The van der Waals surface area contributed by atoms with Crippen LogP contribution in [0.2, 0.25) is 0 Å². The van der Waals surface area contributed by atoms with Gasteiger partial charge in [0.05, 0.1) is 19.1 Å². The summed E-state index contributed by atoms with van der Waals surface area (Å²) in [5, 5.41) is 5.49. The molecule has 2 atom stereocenters. The van der Waals surface area contributed by atoms with Crippen LogP contribution in [-0.4, -0.2) is 73.0 Å². The minimum absolute atomic E-state index is 0.0342. The van der Waals surface area contributed by atoms with E-state index in [4.69, 9.17) is 4.74 Å². The number of nitrogens with zero attached hydrogens (tertiary/aromatic N) is 2. The van der Waals surface area contributed by atoms with Crippen LogP contribution in [-0.2, 0) is 16.0 Å². The molecule has 0 aliphatic carbocycles. The van der Waals surface area contributed by atoms with Crippen LogP contribution in [0.25, 0.3) is 0 Å². The zero-order valence-corrected chi connectivity index (χ0v) is 15.7. The molecule has 4 amide bonds. The lowest BCUT2D eigenvalue weighted by atomic mass is 10.1. The van der Waals surface area contributed by atoms with Gasteiger partial charge in [-0.15, -0.1) is 0 Å². The number of hydrogen-bond acceptors (Lipinski definition) is 4. The molecule has 0 spiro atoms. The molecule has 2 heterocycles. The molecule has 2 N–H and O–H groups in total. The Hall–Kier alpha value is -2.77. The van der Waals surface area contributed by atoms with Gasteiger partial charge >= 0.3 is 6.03 Å². The summed E-state index contributed by atoms with van der Waals surface area (Å²) in [6.45, 7) is 3.30. The number of fused-ring (bicyclic) bond motifs is 1. The molecule has 27 heavy (non-hydrogen) atoms. The summed E-state index contributed by atoms with van der Waals surface area (Å²) in [6.07, 6.45) is 1.33. The molecule has 1 aromatic rings. The lowest BCUT2D eigenvalue weighted by Gasteiger charge is -2.28. The number of ether oxygens (including phenoxy) is 1. The van der Waals surface area contributed by atoms with Crippen LogP contribution < -0.4 is 15.4 Å². The maximum absolute atomic E-state index is 12.4. The van der Waals surface area contributed by atoms with Crippen molar-refractivity contribution in [2.75, 3.05) is 33.3 Å². The predicted octanol–water partition coefficient (Wildman–Crippen LogP) is 0.369. The van der Waals surface area contributed by atoms with Crippen molar-refractivity contribution in [2.45, 2.75) is 31.8 Å². The van der Waals surface area contributed by atoms with E-state index in [9.17, 15) is 14.4 Å². The van der Waals surface area contributed by atoms with E-state index in [1.165, 1.54) is 0 Å². The van der Waals surface area contributed by atoms with Gasteiger partial charge in [-0.1, -0.05) is 25.1 Å². The Kier molecular flexibility index (Phi) is 5.83. The summed E-state index contributed by atoms with van der Waals surface area (Å²) in [6, 6.07) is 6.92. The predicted molar refractivity (Wildman–Crippen MR) is 99.4 cm³/mol. The normalized spacial score (nSPS) is 21.5. The smallest absolute Gasteiger partial charge is 0.317 e. The first-order valence-electron chi connectivity index (χ1n) is 9.29. The lowest BCUT2D eigenvalue weighted by Crippen LogP contribution is -2.55. The first-order chi connectivity index (χ1) is 13.0. The van der Waals surface area contributed by atoms with Crippen molar-refractivity contribution in [1.29, 1.82) is 0 Å². The molecule has 0 saturated carbocycles. The summed E-state index contributed by atoms with van der Waals surface area (Å²) < 4.78 is 5.80. The minimum atomic E-state index is -0.476. The number of likely N-dealkylation sites (N-methyl/N-ethyl adjacent to an activating group) is 1. The highest BCUT2D eigenvalue weighted by Crippen LogP contribution is 2.21. The van der Waals surface area contributed by atoms with Gasteiger partial charge in [-0.25, -0.2) is 4.79 Å². The molecule has 2 fully saturated rings. The Morgan fingerprint density at radius 1 is 1.37 bits per heavy atom. The van der Waals surface area contributed by atoms with Crippen LogP contribution in [0.3, 0.4) is 0 Å². The third-order valence-electron chi connectivity index (χ3n) is 5.05. The summed E-state index contributed by atoms with van der Waals surface area (Å²) >= 11 is 0. The number of rotatable bonds is 6. The SMILES string of the molecule is CCc1ccccc1OCCN(C)C(=O)N[C@H]1C[C@H]2C(=O)NCC(=O)N2C1. The number of carbonyl (C=O) groups is 3. The molecule has 2 aliphatic rings. The molecule has 2 aliphatic heterocycles. The molecular weight excluding hydrogens is 348 g/mol. The molecule has 8 nitrogen and oxygen atoms in total. The zero-order chi connectivity index (χ0) is 19.4. The lowest BCUT2D eigenvalue weighted by molar-refractivity contribution is -0.143. The van der Waals surface area contributed by atoms with Gasteiger partial charge in [0, 0.05) is 13.6 Å². The van der Waals surface area contributed by atoms with Gasteiger partial charge in [0.2, 0.25) is 11.8 Å². The number of hydrogen-bond donors (Lipinski definition) is 2. The van der Waals surface area contributed by atoms with Crippen LogP contribution in [0.15, 0.2) is 24.3 Å². The molecule has 0 bridgehead atoms. The Labute approximate surface area is 158 Å². The van der Waals surface area contributed by atoms with E-state index in [1.54, 1.807) is 16.8 Å². The molecule has 0 unspecified atom stereocenters. The number of benzene rings is 1. The minimum Gasteiger partial charge on any atom is -0.491 e. The summed E-state index contributed by atoms with van der Waals surface area (Å²) in [5.41, 5.74) is 1.13. The van der Waals surface area contributed by atoms with Crippen molar-refractivity contribution in [2.24, 2.45) is 0 Å². The molecule has 2 saturated heterocycles. The fraction of sp³-hybridized carbons (Fsp3) is 0.526. The number of amides is 4. The summed E-state index contributed by atoms with van der Waals surface area (Å²) in [4.78, 5) is 39.2. The largest absolute Gasteiger partial charge is 0.491 e. The Balaban J connectivity index is 1.45. The van der Waals surface area contributed by atoms with E-state index in [1.807, 2.05) is 24.3 Å². The highest BCUT2D eigenvalue weighted by molar-refractivity contribution is 5.95. The average molecular weight is 374 g/mol. The first kappa shape index (κ1) is 19.0. The monoisotopic (exact) mass is 374 g/mol. The van der Waals surface area contributed by atoms with Crippen molar-refractivity contribution in [3.63, 3.8) is 0 Å². The van der Waals surface area contributed by atoms with E-state index in [2.05, 4.69) is 17.6 Å². The Morgan fingerprint density at radius 2 is 2.15 bits per heavy atom. The second kappa shape index (κ2) is 8.28. The van der Waals surface area contributed by atoms with Gasteiger partial charge in [-0.3, -0.25) is 9.59 Å². The van der Waals surface area contributed by atoms with Crippen LogP contribution in [0.4, 0.5) is 4.79 Å². The first-order valence-corrected chi connectivity index (χ1v) is 9.29. The average Bonchev–Trinajstić information content (AvgIpc) is 3.10. The Morgan fingerprint density at radius 3 is 2.89 bits per heavy atom. The van der Waals surface area contributed by atoms with Gasteiger partial charge < -0.3 is 25.2 Å². The number of carbonyl (C=O) groups excluding carboxylic acids is 3. The highest BCUT2D eigenvalue weighted by Gasteiger charge is 2.42. The van der Waals surface area contributed by atoms with Gasteiger partial charge in [0.15, 0.2) is 0 Å². The maximum Gasteiger partial charge on any atom is 0.317 e. The maximum atomic E-state index is 12.4. The van der Waals surface area contributed by atoms with Crippen molar-refractivity contribution in [3.05, 3.63) is 29.8 Å². The van der Waals surface area contributed by atoms with Crippen molar-refractivity contribution >= 4 is 17.8 Å². The molecule has 1 aromatic carbocycles. The number of aryl methyl sites for hydroxylation is 1. The van der Waals surface area contributed by atoms with Crippen LogP contribution in [0, 0.1) is 0 Å². The summed E-state index contributed by atoms with van der Waals surface area (Å²) in [7, 11) is 1.70. The fourth-order valence-corrected chi connectivity index (χ4v) is 3.46. The van der Waals surface area contributed by atoms with Gasteiger partial charge in [0.1, 0.15) is 18.4 Å². The van der Waals surface area contributed by atoms with Gasteiger partial charge in [-0.2, -0.15) is 0 Å². The van der Waals surface area contributed by atoms with E-state index in [0.29, 0.717) is 26.1 Å². The molecular formula is C19H26N4O4. The molecule has 8 heteroatoms. The van der Waals surface area contributed by atoms with E-state index < -0.39 is 6.04 Å². The second-order valence-corrected chi connectivity index (χ2v) is 6.89. The number of urea groups is 1. The third kappa shape index (κ3) is 4.32. The molecule has 0 radical (unpaired) electrons. The topological polar surface area (TPSA) is 91.0 Å². The van der Waals surface area contributed by atoms with E-state index in [0.717, 1.165) is 17.7 Å². The third-order valence-corrected chi connectivity index (χ3v) is 5.05. The molecule has 3 rings (SSSR count). The summed E-state index contributed by atoms with van der Waals surface area (Å²) in [5.74, 6) is 0.585.